The molecule has 7 nitrogen and oxygen atoms in total. The Morgan fingerprint density at radius 3 is 2.31 bits per heavy atom. The lowest BCUT2D eigenvalue weighted by atomic mass is 9.46. The van der Waals surface area contributed by atoms with Crippen molar-refractivity contribution in [3.05, 3.63) is 60.8 Å². The molecule has 3 saturated carbocycles. The van der Waals surface area contributed by atoms with Crippen LogP contribution in [0, 0.1) is 40.4 Å². The number of esters is 2. The smallest absolute Gasteiger partial charge is 0.306 e. The molecule has 4 aliphatic rings. The van der Waals surface area contributed by atoms with E-state index in [1.807, 2.05) is 12.2 Å². The molecule has 0 aromatic carbocycles. The van der Waals surface area contributed by atoms with Gasteiger partial charge < -0.3 is 14.6 Å². The molecule has 0 spiro atoms. The number of carbonyl (C=O) groups is 4. The van der Waals surface area contributed by atoms with E-state index in [0.29, 0.717) is 13.0 Å². The Balaban J connectivity index is 1.10. The predicted molar refractivity (Wildman–Crippen MR) is 215 cm³/mol. The van der Waals surface area contributed by atoms with Crippen molar-refractivity contribution in [3.63, 3.8) is 0 Å². The van der Waals surface area contributed by atoms with Crippen LogP contribution in [0.25, 0.3) is 0 Å². The van der Waals surface area contributed by atoms with Crippen molar-refractivity contribution in [2.45, 2.75) is 129 Å². The number of carbonyl (C=O) groups excluding carboxylic acids is 4. The van der Waals surface area contributed by atoms with Gasteiger partial charge >= 0.3 is 11.9 Å². The van der Waals surface area contributed by atoms with Crippen LogP contribution in [0.2, 0.25) is 0 Å². The summed E-state index contributed by atoms with van der Waals surface area (Å²) in [5.41, 5.74) is 0.132. The van der Waals surface area contributed by atoms with Crippen LogP contribution in [-0.2, 0) is 28.7 Å². The van der Waals surface area contributed by atoms with E-state index in [-0.39, 0.29) is 60.1 Å². The lowest BCUT2D eigenvalue weighted by Gasteiger charge is -2.58. The van der Waals surface area contributed by atoms with Crippen LogP contribution >= 0.6 is 22.6 Å². The Morgan fingerprint density at radius 2 is 1.62 bits per heavy atom. The number of allylic oxidation sites excluding steroid dienone is 9. The van der Waals surface area contributed by atoms with Gasteiger partial charge in [-0.05, 0) is 105 Å². The lowest BCUT2D eigenvalue weighted by Crippen LogP contribution is -2.57. The maximum Gasteiger partial charge on any atom is 0.306 e. The molecule has 4 rings (SSSR count). The van der Waals surface area contributed by atoms with E-state index in [1.165, 1.54) is 43.0 Å². The Morgan fingerprint density at radius 1 is 0.962 bits per heavy atom. The molecule has 4 aliphatic carbocycles. The van der Waals surface area contributed by atoms with Crippen molar-refractivity contribution in [3.8, 4) is 0 Å². The van der Waals surface area contributed by atoms with Crippen molar-refractivity contribution in [2.75, 3.05) is 17.6 Å². The first-order valence-corrected chi connectivity index (χ1v) is 21.6. The highest BCUT2D eigenvalue weighted by Crippen LogP contribution is 2.67. The third kappa shape index (κ3) is 10.9. The molecule has 0 bridgehead atoms. The third-order valence-electron chi connectivity index (χ3n) is 12.5. The molecule has 0 aromatic rings. The number of rotatable bonds is 22. The highest BCUT2D eigenvalue weighted by molar-refractivity contribution is 14.1. The molecule has 8 atom stereocenters. The van der Waals surface area contributed by atoms with E-state index < -0.39 is 29.4 Å². The number of hydrogen-bond acceptors (Lipinski definition) is 7. The van der Waals surface area contributed by atoms with Crippen LogP contribution in [0.4, 0.5) is 0 Å². The summed E-state index contributed by atoms with van der Waals surface area (Å²) in [5.74, 6) is -1.21. The van der Waals surface area contributed by atoms with E-state index in [4.69, 9.17) is 9.47 Å². The number of ketones is 2. The van der Waals surface area contributed by atoms with Gasteiger partial charge in [-0.25, -0.2) is 0 Å². The number of hydrogen-bond donors (Lipinski definition) is 1. The average molecular weight is 831 g/mol. The van der Waals surface area contributed by atoms with Gasteiger partial charge in [-0.15, -0.1) is 6.58 Å². The maximum absolute atomic E-state index is 13.7. The van der Waals surface area contributed by atoms with Crippen LogP contribution in [0.15, 0.2) is 60.8 Å². The summed E-state index contributed by atoms with van der Waals surface area (Å²) < 4.78 is 12.0. The van der Waals surface area contributed by atoms with Gasteiger partial charge in [0.1, 0.15) is 6.61 Å². The Hall–Kier alpha value is -2.33. The van der Waals surface area contributed by atoms with E-state index in [9.17, 15) is 24.3 Å². The Bertz CT molecular complexity index is 1360. The fraction of sp³-hybridized carbons (Fsp3) is 0.682. The molecule has 3 fully saturated rings. The normalized spacial score (nSPS) is 30.8. The zero-order valence-electron chi connectivity index (χ0n) is 31.7. The number of ether oxygens (including phenoxy) is 2. The number of halogens is 1. The summed E-state index contributed by atoms with van der Waals surface area (Å²) in [4.78, 5) is 50.7. The van der Waals surface area contributed by atoms with Gasteiger partial charge in [0, 0.05) is 22.7 Å². The Kier molecular flexibility index (Phi) is 17.1. The molecule has 0 amide bonds. The van der Waals surface area contributed by atoms with Crippen molar-refractivity contribution >= 4 is 46.1 Å². The van der Waals surface area contributed by atoms with Gasteiger partial charge in [0.05, 0.1) is 25.6 Å². The first kappa shape index (κ1) is 42.4. The van der Waals surface area contributed by atoms with Crippen LogP contribution in [0.3, 0.4) is 0 Å². The van der Waals surface area contributed by atoms with Gasteiger partial charge in [-0.1, -0.05) is 104 Å². The predicted octanol–water partition coefficient (Wildman–Crippen LogP) is 9.57. The van der Waals surface area contributed by atoms with Crippen LogP contribution in [0.1, 0.15) is 123 Å². The lowest BCUT2D eigenvalue weighted by molar-refractivity contribution is -0.154. The largest absolute Gasteiger partial charge is 0.466 e. The van der Waals surface area contributed by atoms with E-state index in [0.717, 1.165) is 56.9 Å². The molecule has 0 aliphatic heterocycles. The summed E-state index contributed by atoms with van der Waals surface area (Å²) in [6.07, 6.45) is 30.9. The quantitative estimate of drug-likeness (QED) is 0.0381. The summed E-state index contributed by atoms with van der Waals surface area (Å²) in [7, 11) is 0. The molecule has 288 valence electrons. The minimum absolute atomic E-state index is 0.00550. The average Bonchev–Trinajstić information content (AvgIpc) is 3.42. The van der Waals surface area contributed by atoms with Crippen LogP contribution in [-0.4, -0.2) is 52.4 Å². The van der Waals surface area contributed by atoms with Gasteiger partial charge in [0.25, 0.3) is 0 Å². The van der Waals surface area contributed by atoms with Crippen molar-refractivity contribution in [1.82, 2.24) is 0 Å². The van der Waals surface area contributed by atoms with Crippen LogP contribution < -0.4 is 0 Å². The minimum atomic E-state index is -0.658. The number of alkyl halides is 1. The second-order valence-electron chi connectivity index (χ2n) is 15.9. The summed E-state index contributed by atoms with van der Waals surface area (Å²) in [6, 6.07) is 0. The third-order valence-corrected chi connectivity index (χ3v) is 13.2. The molecule has 0 aromatic heterocycles. The highest BCUT2D eigenvalue weighted by atomic mass is 127. The fourth-order valence-electron chi connectivity index (χ4n) is 10.0. The second kappa shape index (κ2) is 20.9. The molecule has 8 heteroatoms. The van der Waals surface area contributed by atoms with Crippen molar-refractivity contribution < 1.29 is 33.8 Å². The topological polar surface area (TPSA) is 107 Å². The first-order valence-electron chi connectivity index (χ1n) is 20.0. The van der Waals surface area contributed by atoms with E-state index >= 15 is 0 Å². The first-order chi connectivity index (χ1) is 25.1. The summed E-state index contributed by atoms with van der Waals surface area (Å²) >= 11 is 2.43. The number of fused-ring (bicyclic) bond motifs is 5. The van der Waals surface area contributed by atoms with Gasteiger partial charge in [0.2, 0.25) is 0 Å². The van der Waals surface area contributed by atoms with Gasteiger partial charge in [-0.3, -0.25) is 19.2 Å². The zero-order valence-corrected chi connectivity index (χ0v) is 33.9. The van der Waals surface area contributed by atoms with Crippen molar-refractivity contribution in [1.29, 1.82) is 0 Å². The molecular formula is C44H63IO7. The maximum atomic E-state index is 13.7. The number of aliphatic hydroxyl groups is 1. The molecule has 52 heavy (non-hydrogen) atoms. The molecule has 0 radical (unpaired) electrons. The van der Waals surface area contributed by atoms with Gasteiger partial charge in [0.15, 0.2) is 11.6 Å². The second-order valence-corrected chi connectivity index (χ2v) is 17.0. The SMILES string of the molecule is C=C[C@]12C[C@H](O)C3[C@@H](CCC4=CC(=O)C=C[C@@]43C)[C@@H]1C[C@@H](C)[C@@H]2C(=O)COC(=O)CCC(=O)OCCCCCCCC/C=C\C/C=C\CCCCI. The molecule has 0 saturated heterocycles. The minimum Gasteiger partial charge on any atom is -0.466 e. The number of Topliss-reactive ketones (excluding diaryl/α,β-unsaturated/α-hetero) is 1. The molecule has 0 heterocycles. The monoisotopic (exact) mass is 830 g/mol. The molecular weight excluding hydrogens is 767 g/mol. The standard InChI is InChI=1S/C44H63IO7/c1-4-44-30-37(47)42-35(21-20-33-29-34(46)24-25-43(33,42)3)36(44)28-32(2)41(44)38(48)31-52-40(50)23-22-39(49)51-27-19-17-15-13-11-9-7-5-6-8-10-12-14-16-18-26-45/h4-6,10,12,24-25,29,32,35-37,41-42,47H,1,7-9,11,13-23,26-28,30-31H2,2-3H3/b6-5-,12-10-/t32-,35+,36+,37+,41-,42?,43+,44+/m1/s1. The van der Waals surface area contributed by atoms with Crippen LogP contribution in [0.5, 0.6) is 0 Å². The van der Waals surface area contributed by atoms with Crippen molar-refractivity contribution in [2.24, 2.45) is 40.4 Å². The number of aliphatic hydroxyl groups excluding tert-OH is 1. The summed E-state index contributed by atoms with van der Waals surface area (Å²) in [6.45, 7) is 8.40. The fourth-order valence-corrected chi connectivity index (χ4v) is 10.6. The highest BCUT2D eigenvalue weighted by Gasteiger charge is 2.65. The summed E-state index contributed by atoms with van der Waals surface area (Å²) in [5, 5.41) is 11.7. The Labute approximate surface area is 326 Å². The molecule has 1 N–H and O–H groups in total. The van der Waals surface area contributed by atoms with E-state index in [1.54, 1.807) is 12.2 Å². The zero-order chi connectivity index (χ0) is 37.6. The van der Waals surface area contributed by atoms with E-state index in [2.05, 4.69) is 67.3 Å². The number of unbranched alkanes of at least 4 members (excludes halogenated alkanes) is 8. The molecule has 1 unspecified atom stereocenters. The van der Waals surface area contributed by atoms with Gasteiger partial charge in [-0.2, -0.15) is 0 Å².